The summed E-state index contributed by atoms with van der Waals surface area (Å²) in [5.41, 5.74) is 2.03. The summed E-state index contributed by atoms with van der Waals surface area (Å²) in [6.07, 6.45) is 2.54. The molecule has 156 valence electrons. The monoisotopic (exact) mass is 400 g/mol. The van der Waals surface area contributed by atoms with Gasteiger partial charge in [-0.25, -0.2) is 0 Å². The zero-order chi connectivity index (χ0) is 20.6. The van der Waals surface area contributed by atoms with Gasteiger partial charge in [0.15, 0.2) is 5.82 Å². The molecule has 2 aromatic rings. The van der Waals surface area contributed by atoms with E-state index in [2.05, 4.69) is 31.3 Å². The summed E-state index contributed by atoms with van der Waals surface area (Å²) < 4.78 is 0. The normalized spacial score (nSPS) is 21.5. The van der Waals surface area contributed by atoms with Crippen molar-refractivity contribution in [1.82, 2.24) is 31.3 Å². The lowest BCUT2D eigenvalue weighted by Crippen LogP contribution is -2.50. The predicted octanol–water partition coefficient (Wildman–Crippen LogP) is 0.445. The highest BCUT2D eigenvalue weighted by Crippen LogP contribution is 2.25. The van der Waals surface area contributed by atoms with E-state index in [-0.39, 0.29) is 24.2 Å². The van der Waals surface area contributed by atoms with Crippen LogP contribution in [0.15, 0.2) is 24.3 Å². The smallest absolute Gasteiger partial charge is 0.224 e. The molecule has 1 aliphatic carbocycles. The van der Waals surface area contributed by atoms with Gasteiger partial charge in [0.05, 0.1) is 18.6 Å². The summed E-state index contributed by atoms with van der Waals surface area (Å²) >= 11 is 0. The molecule has 0 unspecified atom stereocenters. The molecule has 1 aromatic heterocycles. The van der Waals surface area contributed by atoms with Gasteiger partial charge in [0.1, 0.15) is 0 Å². The Kier molecular flexibility index (Phi) is 7.29. The second-order valence-electron chi connectivity index (χ2n) is 7.64. The van der Waals surface area contributed by atoms with Gasteiger partial charge in [-0.1, -0.05) is 35.0 Å². The molecule has 4 N–H and O–H groups in total. The molecule has 1 aromatic carbocycles. The maximum Gasteiger partial charge on any atom is 0.224 e. The van der Waals surface area contributed by atoms with E-state index in [1.807, 2.05) is 31.2 Å². The quantitative estimate of drug-likeness (QED) is 0.476. The molecular weight excluding hydrogens is 372 g/mol. The van der Waals surface area contributed by atoms with E-state index in [1.165, 1.54) is 0 Å². The Bertz CT molecular complexity index is 810. The largest absolute Gasteiger partial charge is 0.391 e. The highest BCUT2D eigenvalue weighted by atomic mass is 16.3. The van der Waals surface area contributed by atoms with Crippen molar-refractivity contribution in [2.24, 2.45) is 5.92 Å². The number of hydrogen-bond acceptors (Lipinski definition) is 6. The van der Waals surface area contributed by atoms with Gasteiger partial charge in [-0.05, 0) is 38.2 Å². The van der Waals surface area contributed by atoms with Crippen LogP contribution in [0.4, 0.5) is 0 Å². The zero-order valence-corrected chi connectivity index (χ0v) is 16.6. The van der Waals surface area contributed by atoms with Crippen LogP contribution in [-0.4, -0.2) is 56.2 Å². The number of aliphatic hydroxyl groups is 1. The molecule has 0 bridgehead atoms. The van der Waals surface area contributed by atoms with Crippen LogP contribution in [0.5, 0.6) is 0 Å². The van der Waals surface area contributed by atoms with Crippen LogP contribution in [0, 0.1) is 12.8 Å². The van der Waals surface area contributed by atoms with Crippen molar-refractivity contribution in [2.75, 3.05) is 6.54 Å². The standard InChI is InChI=1S/C20H28N6O3/c1-13-4-2-5-14(10-13)11-19(28)22-16-12-15(7-8-17(16)27)20(29)21-9-3-6-18-23-25-26-24-18/h2,4-5,10,15-17,27H,3,6-9,11-12H2,1H3,(H,21,29)(H,22,28)(H,23,24,25,26)/t15-,16+,17+/m0/s1. The van der Waals surface area contributed by atoms with Gasteiger partial charge in [0.25, 0.3) is 0 Å². The highest BCUT2D eigenvalue weighted by Gasteiger charge is 2.33. The van der Waals surface area contributed by atoms with E-state index < -0.39 is 12.1 Å². The van der Waals surface area contributed by atoms with Gasteiger partial charge >= 0.3 is 0 Å². The molecule has 9 nitrogen and oxygen atoms in total. The highest BCUT2D eigenvalue weighted by molar-refractivity contribution is 5.80. The van der Waals surface area contributed by atoms with E-state index in [4.69, 9.17) is 0 Å². The molecule has 0 radical (unpaired) electrons. The molecule has 0 saturated heterocycles. The lowest BCUT2D eigenvalue weighted by molar-refractivity contribution is -0.129. The third kappa shape index (κ3) is 6.35. The SMILES string of the molecule is Cc1cccc(CC(=O)N[C@@H]2C[C@@H](C(=O)NCCCc3nn[nH]n3)CC[C@H]2O)c1. The summed E-state index contributed by atoms with van der Waals surface area (Å²) in [4.78, 5) is 24.9. The number of nitrogens with one attached hydrogen (secondary N) is 3. The van der Waals surface area contributed by atoms with Gasteiger partial charge < -0.3 is 15.7 Å². The van der Waals surface area contributed by atoms with Crippen LogP contribution in [0.2, 0.25) is 0 Å². The summed E-state index contributed by atoms with van der Waals surface area (Å²) in [5.74, 6) is 0.230. The number of aromatic amines is 1. The fourth-order valence-electron chi connectivity index (χ4n) is 3.70. The van der Waals surface area contributed by atoms with Crippen molar-refractivity contribution in [3.63, 3.8) is 0 Å². The van der Waals surface area contributed by atoms with E-state index in [0.717, 1.165) is 17.5 Å². The Balaban J connectivity index is 1.43. The summed E-state index contributed by atoms with van der Waals surface area (Å²) in [6, 6.07) is 7.39. The molecule has 0 spiro atoms. The number of benzene rings is 1. The second-order valence-corrected chi connectivity index (χ2v) is 7.64. The van der Waals surface area contributed by atoms with Crippen LogP contribution >= 0.6 is 0 Å². The molecule has 3 atom stereocenters. The van der Waals surface area contributed by atoms with Crippen molar-refractivity contribution in [3.8, 4) is 0 Å². The van der Waals surface area contributed by atoms with Gasteiger partial charge in [-0.15, -0.1) is 10.2 Å². The average Bonchev–Trinajstić information content (AvgIpc) is 3.20. The maximum atomic E-state index is 12.5. The lowest BCUT2D eigenvalue weighted by atomic mass is 9.83. The minimum atomic E-state index is -0.626. The number of tetrazole rings is 1. The minimum Gasteiger partial charge on any atom is -0.391 e. The molecule has 3 rings (SSSR count). The topological polar surface area (TPSA) is 133 Å². The van der Waals surface area contributed by atoms with E-state index in [0.29, 0.717) is 38.1 Å². The van der Waals surface area contributed by atoms with E-state index >= 15 is 0 Å². The van der Waals surface area contributed by atoms with Crippen LogP contribution in [0.25, 0.3) is 0 Å². The van der Waals surface area contributed by atoms with Crippen molar-refractivity contribution in [2.45, 2.75) is 57.6 Å². The molecule has 2 amide bonds. The molecule has 29 heavy (non-hydrogen) atoms. The zero-order valence-electron chi connectivity index (χ0n) is 16.6. The predicted molar refractivity (Wildman–Crippen MR) is 106 cm³/mol. The Morgan fingerprint density at radius 3 is 2.93 bits per heavy atom. The van der Waals surface area contributed by atoms with Crippen LogP contribution in [0.3, 0.4) is 0 Å². The third-order valence-corrected chi connectivity index (χ3v) is 5.24. The molecule has 1 fully saturated rings. The summed E-state index contributed by atoms with van der Waals surface area (Å²) in [7, 11) is 0. The number of rotatable bonds is 8. The van der Waals surface area contributed by atoms with E-state index in [1.54, 1.807) is 0 Å². The number of amides is 2. The molecule has 1 saturated carbocycles. The Morgan fingerprint density at radius 2 is 2.17 bits per heavy atom. The van der Waals surface area contributed by atoms with Gasteiger partial charge in [0.2, 0.25) is 11.8 Å². The number of aliphatic hydroxyl groups excluding tert-OH is 1. The van der Waals surface area contributed by atoms with Crippen LogP contribution < -0.4 is 10.6 Å². The first-order chi connectivity index (χ1) is 14.0. The summed E-state index contributed by atoms with van der Waals surface area (Å²) in [5, 5.41) is 29.8. The number of carbonyl (C=O) groups is 2. The molecule has 9 heteroatoms. The Morgan fingerprint density at radius 1 is 1.31 bits per heavy atom. The molecule has 1 aliphatic rings. The molecule has 1 heterocycles. The fraction of sp³-hybridized carbons (Fsp3) is 0.550. The molecular formula is C20H28N6O3. The number of hydrogen-bond donors (Lipinski definition) is 4. The minimum absolute atomic E-state index is 0.0389. The van der Waals surface area contributed by atoms with Crippen molar-refractivity contribution in [3.05, 3.63) is 41.2 Å². The van der Waals surface area contributed by atoms with Crippen molar-refractivity contribution < 1.29 is 14.7 Å². The second kappa shape index (κ2) is 10.1. The van der Waals surface area contributed by atoms with Crippen LogP contribution in [0.1, 0.15) is 42.6 Å². The number of aromatic nitrogens is 4. The van der Waals surface area contributed by atoms with Gasteiger partial charge in [-0.2, -0.15) is 5.21 Å². The molecule has 0 aliphatic heterocycles. The average molecular weight is 400 g/mol. The van der Waals surface area contributed by atoms with Crippen LogP contribution in [-0.2, 0) is 22.4 Å². The number of carbonyl (C=O) groups excluding carboxylic acids is 2. The van der Waals surface area contributed by atoms with E-state index in [9.17, 15) is 14.7 Å². The lowest BCUT2D eigenvalue weighted by Gasteiger charge is -2.33. The fourth-order valence-corrected chi connectivity index (χ4v) is 3.70. The number of nitrogens with zero attached hydrogens (tertiary/aromatic N) is 3. The summed E-state index contributed by atoms with van der Waals surface area (Å²) in [6.45, 7) is 2.51. The first-order valence-electron chi connectivity index (χ1n) is 10.0. The Labute approximate surface area is 169 Å². The first kappa shape index (κ1) is 20.9. The first-order valence-corrected chi connectivity index (χ1v) is 10.0. The number of aryl methyl sites for hydroxylation is 2. The van der Waals surface area contributed by atoms with Crippen molar-refractivity contribution >= 4 is 11.8 Å². The Hall–Kier alpha value is -2.81. The van der Waals surface area contributed by atoms with Gasteiger partial charge in [0, 0.05) is 18.9 Å². The van der Waals surface area contributed by atoms with Crippen molar-refractivity contribution in [1.29, 1.82) is 0 Å². The third-order valence-electron chi connectivity index (χ3n) is 5.24. The van der Waals surface area contributed by atoms with Gasteiger partial charge in [-0.3, -0.25) is 9.59 Å². The maximum absolute atomic E-state index is 12.5. The number of H-pyrrole nitrogens is 1.